The Morgan fingerprint density at radius 3 is 3.05 bits per heavy atom. The first-order chi connectivity index (χ1) is 9.29. The number of aromatic nitrogens is 3. The summed E-state index contributed by atoms with van der Waals surface area (Å²) in [7, 11) is 0. The molecule has 0 aliphatic rings. The highest BCUT2D eigenvalue weighted by Crippen LogP contribution is 2.03. The van der Waals surface area contributed by atoms with Gasteiger partial charge in [0.05, 0.1) is 25.1 Å². The van der Waals surface area contributed by atoms with Gasteiger partial charge in [-0.15, -0.1) is 0 Å². The lowest BCUT2D eigenvalue weighted by Gasteiger charge is -2.05. The quantitative estimate of drug-likeness (QED) is 0.812. The molecule has 0 aliphatic heterocycles. The molecular formula is C12H15N5O2. The SMILES string of the molecule is CCCNc1cncc(C(=O)NCc2ccno2)n1. The first kappa shape index (κ1) is 13.0. The number of anilines is 1. The molecule has 2 aromatic heterocycles. The second-order valence-corrected chi connectivity index (χ2v) is 3.88. The fourth-order valence-corrected chi connectivity index (χ4v) is 1.40. The normalized spacial score (nSPS) is 10.2. The predicted octanol–water partition coefficient (Wildman–Crippen LogP) is 1.22. The first-order valence-electron chi connectivity index (χ1n) is 6.03. The zero-order chi connectivity index (χ0) is 13.5. The van der Waals surface area contributed by atoms with Gasteiger partial charge in [-0.25, -0.2) is 4.98 Å². The lowest BCUT2D eigenvalue weighted by Crippen LogP contribution is -2.24. The van der Waals surface area contributed by atoms with E-state index in [0.29, 0.717) is 11.6 Å². The topological polar surface area (TPSA) is 92.9 Å². The number of hydrogen-bond donors (Lipinski definition) is 2. The summed E-state index contributed by atoms with van der Waals surface area (Å²) in [5, 5.41) is 9.32. The number of nitrogens with one attached hydrogen (secondary N) is 2. The average molecular weight is 261 g/mol. The van der Waals surface area contributed by atoms with Gasteiger partial charge in [0.25, 0.3) is 5.91 Å². The molecule has 0 aliphatic carbocycles. The third kappa shape index (κ3) is 3.77. The number of carbonyl (C=O) groups is 1. The smallest absolute Gasteiger partial charge is 0.271 e. The average Bonchev–Trinajstić information content (AvgIpc) is 2.96. The van der Waals surface area contributed by atoms with Crippen LogP contribution in [0.5, 0.6) is 0 Å². The number of amides is 1. The highest BCUT2D eigenvalue weighted by atomic mass is 16.5. The van der Waals surface area contributed by atoms with E-state index in [1.165, 1.54) is 12.4 Å². The van der Waals surface area contributed by atoms with Crippen molar-refractivity contribution in [2.24, 2.45) is 0 Å². The minimum atomic E-state index is -0.302. The Morgan fingerprint density at radius 1 is 1.42 bits per heavy atom. The molecule has 7 heteroatoms. The molecule has 19 heavy (non-hydrogen) atoms. The van der Waals surface area contributed by atoms with Gasteiger partial charge in [0.15, 0.2) is 5.76 Å². The monoisotopic (exact) mass is 261 g/mol. The van der Waals surface area contributed by atoms with Crippen molar-refractivity contribution in [1.82, 2.24) is 20.4 Å². The van der Waals surface area contributed by atoms with Crippen LogP contribution in [0.2, 0.25) is 0 Å². The van der Waals surface area contributed by atoms with Crippen molar-refractivity contribution >= 4 is 11.7 Å². The molecule has 0 saturated heterocycles. The maximum Gasteiger partial charge on any atom is 0.271 e. The maximum absolute atomic E-state index is 11.9. The number of carbonyl (C=O) groups excluding carboxylic acids is 1. The highest BCUT2D eigenvalue weighted by Gasteiger charge is 2.09. The molecule has 100 valence electrons. The minimum absolute atomic E-state index is 0.264. The van der Waals surface area contributed by atoms with E-state index in [2.05, 4.69) is 25.8 Å². The third-order valence-corrected chi connectivity index (χ3v) is 2.34. The zero-order valence-electron chi connectivity index (χ0n) is 10.6. The summed E-state index contributed by atoms with van der Waals surface area (Å²) in [5.41, 5.74) is 0.264. The largest absolute Gasteiger partial charge is 0.369 e. The van der Waals surface area contributed by atoms with E-state index < -0.39 is 0 Å². The van der Waals surface area contributed by atoms with Gasteiger partial charge in [0, 0.05) is 12.6 Å². The van der Waals surface area contributed by atoms with Crippen LogP contribution < -0.4 is 10.6 Å². The van der Waals surface area contributed by atoms with Crippen LogP contribution in [-0.2, 0) is 6.54 Å². The lowest BCUT2D eigenvalue weighted by atomic mass is 10.4. The molecule has 0 fully saturated rings. The molecule has 2 rings (SSSR count). The van der Waals surface area contributed by atoms with Gasteiger partial charge in [0.1, 0.15) is 11.5 Å². The summed E-state index contributed by atoms with van der Waals surface area (Å²) in [6.45, 7) is 3.11. The number of hydrogen-bond acceptors (Lipinski definition) is 6. The van der Waals surface area contributed by atoms with Gasteiger partial charge in [-0.3, -0.25) is 9.78 Å². The molecule has 0 atom stereocenters. The summed E-state index contributed by atoms with van der Waals surface area (Å²) in [6.07, 6.45) is 5.51. The van der Waals surface area contributed by atoms with Gasteiger partial charge in [-0.1, -0.05) is 12.1 Å². The van der Waals surface area contributed by atoms with Crippen molar-refractivity contribution in [3.8, 4) is 0 Å². The van der Waals surface area contributed by atoms with Crippen molar-refractivity contribution in [2.75, 3.05) is 11.9 Å². The van der Waals surface area contributed by atoms with E-state index in [0.717, 1.165) is 13.0 Å². The fraction of sp³-hybridized carbons (Fsp3) is 0.333. The van der Waals surface area contributed by atoms with Gasteiger partial charge >= 0.3 is 0 Å². The summed E-state index contributed by atoms with van der Waals surface area (Å²) in [6, 6.07) is 1.69. The lowest BCUT2D eigenvalue weighted by molar-refractivity contribution is 0.0942. The van der Waals surface area contributed by atoms with Crippen LogP contribution in [0.25, 0.3) is 0 Å². The van der Waals surface area contributed by atoms with Gasteiger partial charge in [-0.2, -0.15) is 0 Å². The van der Waals surface area contributed by atoms with E-state index >= 15 is 0 Å². The van der Waals surface area contributed by atoms with E-state index in [1.54, 1.807) is 12.3 Å². The minimum Gasteiger partial charge on any atom is -0.369 e. The zero-order valence-corrected chi connectivity index (χ0v) is 10.6. The highest BCUT2D eigenvalue weighted by molar-refractivity contribution is 5.92. The Kier molecular flexibility index (Phi) is 4.44. The Morgan fingerprint density at radius 2 is 2.32 bits per heavy atom. The Hall–Kier alpha value is -2.44. The summed E-state index contributed by atoms with van der Waals surface area (Å²) >= 11 is 0. The predicted molar refractivity (Wildman–Crippen MR) is 68.5 cm³/mol. The van der Waals surface area contributed by atoms with Crippen molar-refractivity contribution in [3.05, 3.63) is 36.1 Å². The second kappa shape index (κ2) is 6.48. The molecule has 0 saturated carbocycles. The fourth-order valence-electron chi connectivity index (χ4n) is 1.40. The number of rotatable bonds is 6. The summed E-state index contributed by atoms with van der Waals surface area (Å²) < 4.78 is 4.88. The standard InChI is InChI=1S/C12H15N5O2/c1-2-4-14-11-8-13-7-10(17-11)12(18)15-6-9-3-5-16-19-9/h3,5,7-8H,2,4,6H2,1H3,(H,14,17)(H,15,18). The van der Waals surface area contributed by atoms with Crippen LogP contribution in [0.15, 0.2) is 29.2 Å². The molecular weight excluding hydrogens is 246 g/mol. The van der Waals surface area contributed by atoms with Crippen molar-refractivity contribution in [1.29, 1.82) is 0 Å². The first-order valence-corrected chi connectivity index (χ1v) is 6.03. The molecule has 0 spiro atoms. The maximum atomic E-state index is 11.9. The Labute approximate surface area is 110 Å². The van der Waals surface area contributed by atoms with E-state index in [9.17, 15) is 4.79 Å². The van der Waals surface area contributed by atoms with Gasteiger partial charge in [0.2, 0.25) is 0 Å². The molecule has 7 nitrogen and oxygen atoms in total. The summed E-state index contributed by atoms with van der Waals surface area (Å²) in [4.78, 5) is 20.0. The molecule has 2 heterocycles. The number of nitrogens with zero attached hydrogens (tertiary/aromatic N) is 3. The van der Waals surface area contributed by atoms with Crippen LogP contribution in [0.3, 0.4) is 0 Å². The third-order valence-electron chi connectivity index (χ3n) is 2.34. The van der Waals surface area contributed by atoms with Crippen LogP contribution in [-0.4, -0.2) is 27.6 Å². The van der Waals surface area contributed by atoms with Crippen molar-refractivity contribution in [3.63, 3.8) is 0 Å². The van der Waals surface area contributed by atoms with Crippen molar-refractivity contribution < 1.29 is 9.32 Å². The van der Waals surface area contributed by atoms with E-state index in [4.69, 9.17) is 4.52 Å². The van der Waals surface area contributed by atoms with Gasteiger partial charge < -0.3 is 15.2 Å². The second-order valence-electron chi connectivity index (χ2n) is 3.88. The molecule has 0 radical (unpaired) electrons. The molecule has 0 bridgehead atoms. The van der Waals surface area contributed by atoms with Crippen LogP contribution >= 0.6 is 0 Å². The molecule has 2 aromatic rings. The van der Waals surface area contributed by atoms with Crippen molar-refractivity contribution in [2.45, 2.75) is 19.9 Å². The molecule has 0 unspecified atom stereocenters. The van der Waals surface area contributed by atoms with Crippen LogP contribution in [0.4, 0.5) is 5.82 Å². The summed E-state index contributed by atoms with van der Waals surface area (Å²) in [5.74, 6) is 0.875. The van der Waals surface area contributed by atoms with E-state index in [-0.39, 0.29) is 18.1 Å². The van der Waals surface area contributed by atoms with Crippen LogP contribution in [0, 0.1) is 0 Å². The molecule has 1 amide bonds. The van der Waals surface area contributed by atoms with Crippen LogP contribution in [0.1, 0.15) is 29.6 Å². The van der Waals surface area contributed by atoms with E-state index in [1.807, 2.05) is 6.92 Å². The molecule has 2 N–H and O–H groups in total. The molecule has 0 aromatic carbocycles. The Balaban J connectivity index is 1.94. The van der Waals surface area contributed by atoms with Gasteiger partial charge in [-0.05, 0) is 6.42 Å². The Bertz CT molecular complexity index is 527.